The molecule has 0 aromatic carbocycles. The van der Waals surface area contributed by atoms with Crippen LogP contribution in [0, 0.1) is 11.8 Å². The first-order chi connectivity index (χ1) is 8.48. The lowest BCUT2D eigenvalue weighted by Crippen LogP contribution is -2.37. The molecule has 6 heteroatoms. The summed E-state index contributed by atoms with van der Waals surface area (Å²) in [6.07, 6.45) is 0.404. The fraction of sp³-hybridized carbons (Fsp3) is 0.917. The minimum atomic E-state index is -4.53. The van der Waals surface area contributed by atoms with Crippen molar-refractivity contribution in [2.45, 2.75) is 57.0 Å². The number of halogens is 3. The molecule has 2 rings (SSSR count). The molecule has 0 aliphatic heterocycles. The monoisotopic (exact) mass is 263 g/mol. The Balaban J connectivity index is 1.87. The van der Waals surface area contributed by atoms with Crippen molar-refractivity contribution in [2.24, 2.45) is 16.8 Å². The van der Waals surface area contributed by atoms with Gasteiger partial charge in [0, 0.05) is 0 Å². The van der Waals surface area contributed by atoms with Crippen molar-refractivity contribution in [3.63, 3.8) is 0 Å². The number of hydrogen-bond acceptors (Lipinski definition) is 3. The number of hydrogen-bond donors (Lipinski definition) is 0. The largest absolute Gasteiger partial charge is 0.522 e. The molecule has 18 heavy (non-hydrogen) atoms. The molecule has 3 nitrogen and oxygen atoms in total. The summed E-state index contributed by atoms with van der Waals surface area (Å²) in [6.45, 7) is 0. The van der Waals surface area contributed by atoms with Crippen LogP contribution in [0.4, 0.5) is 13.2 Å². The SMILES string of the molecule is O=C=NC1CCC2CC(OC(F)(F)F)CCC2C1. The third kappa shape index (κ3) is 3.56. The summed E-state index contributed by atoms with van der Waals surface area (Å²) in [5, 5.41) is 0. The van der Waals surface area contributed by atoms with Gasteiger partial charge in [-0.1, -0.05) is 0 Å². The molecule has 0 N–H and O–H groups in total. The Hall–Kier alpha value is -0.870. The van der Waals surface area contributed by atoms with E-state index in [4.69, 9.17) is 0 Å². The van der Waals surface area contributed by atoms with Crippen LogP contribution in [0.3, 0.4) is 0 Å². The quantitative estimate of drug-likeness (QED) is 0.567. The number of carbonyl (C=O) groups excluding carboxylic acids is 1. The Labute approximate surface area is 103 Å². The van der Waals surface area contributed by atoms with E-state index in [1.54, 1.807) is 6.08 Å². The normalized spacial score (nSPS) is 36.6. The number of isocyanates is 1. The first-order valence-corrected chi connectivity index (χ1v) is 6.29. The number of ether oxygens (including phenoxy) is 1. The second-order valence-electron chi connectivity index (χ2n) is 5.21. The van der Waals surface area contributed by atoms with Crippen LogP contribution in [0.25, 0.3) is 0 Å². The molecule has 0 heterocycles. The third-order valence-electron chi connectivity index (χ3n) is 4.07. The molecule has 0 bridgehead atoms. The molecular weight excluding hydrogens is 247 g/mol. The van der Waals surface area contributed by atoms with Crippen molar-refractivity contribution in [2.75, 3.05) is 0 Å². The topological polar surface area (TPSA) is 38.7 Å². The Morgan fingerprint density at radius 1 is 1.06 bits per heavy atom. The van der Waals surface area contributed by atoms with E-state index in [2.05, 4.69) is 9.73 Å². The van der Waals surface area contributed by atoms with Gasteiger partial charge < -0.3 is 0 Å². The zero-order chi connectivity index (χ0) is 13.2. The van der Waals surface area contributed by atoms with Gasteiger partial charge >= 0.3 is 6.36 Å². The first-order valence-electron chi connectivity index (χ1n) is 6.29. The smallest absolute Gasteiger partial charge is 0.289 e. The second-order valence-corrected chi connectivity index (χ2v) is 5.21. The third-order valence-corrected chi connectivity index (χ3v) is 4.07. The van der Waals surface area contributed by atoms with E-state index >= 15 is 0 Å². The first kappa shape index (κ1) is 13.6. The average Bonchev–Trinajstić information content (AvgIpc) is 2.27. The molecule has 4 atom stereocenters. The molecule has 0 saturated heterocycles. The summed E-state index contributed by atoms with van der Waals surface area (Å²) in [5.74, 6) is 0.665. The van der Waals surface area contributed by atoms with Gasteiger partial charge in [-0.25, -0.2) is 9.79 Å². The summed E-state index contributed by atoms with van der Waals surface area (Å²) in [6, 6.07) is 0.0174. The molecule has 4 unspecified atom stereocenters. The molecule has 102 valence electrons. The predicted octanol–water partition coefficient (Wildman–Crippen LogP) is 3.20. The lowest BCUT2D eigenvalue weighted by molar-refractivity contribution is -0.347. The van der Waals surface area contributed by atoms with Gasteiger partial charge in [0.15, 0.2) is 0 Å². The second kappa shape index (κ2) is 5.41. The van der Waals surface area contributed by atoms with Gasteiger partial charge in [-0.05, 0) is 50.4 Å². The highest BCUT2D eigenvalue weighted by Crippen LogP contribution is 2.43. The fourth-order valence-corrected chi connectivity index (χ4v) is 3.31. The van der Waals surface area contributed by atoms with Gasteiger partial charge in [0.25, 0.3) is 0 Å². The number of nitrogens with zero attached hydrogens (tertiary/aromatic N) is 1. The molecule has 2 saturated carbocycles. The van der Waals surface area contributed by atoms with Crippen LogP contribution in [0.15, 0.2) is 4.99 Å². The van der Waals surface area contributed by atoms with Gasteiger partial charge in [-0.2, -0.15) is 0 Å². The minimum absolute atomic E-state index is 0.0174. The van der Waals surface area contributed by atoms with Crippen LogP contribution in [-0.2, 0) is 9.53 Å². The van der Waals surface area contributed by atoms with Crippen molar-refractivity contribution in [3.05, 3.63) is 0 Å². The number of rotatable bonds is 2. The zero-order valence-corrected chi connectivity index (χ0v) is 9.95. The Morgan fingerprint density at radius 3 is 2.39 bits per heavy atom. The number of fused-ring (bicyclic) bond motifs is 1. The van der Waals surface area contributed by atoms with Gasteiger partial charge in [0.1, 0.15) is 0 Å². The van der Waals surface area contributed by atoms with E-state index in [1.807, 2.05) is 0 Å². The van der Waals surface area contributed by atoms with Crippen molar-refractivity contribution in [1.29, 1.82) is 0 Å². The molecule has 2 fully saturated rings. The summed E-state index contributed by atoms with van der Waals surface area (Å²) in [5.41, 5.74) is 0. The number of alkyl halides is 3. The maximum absolute atomic E-state index is 12.1. The molecule has 0 aromatic rings. The van der Waals surface area contributed by atoms with Crippen LogP contribution in [-0.4, -0.2) is 24.6 Å². The van der Waals surface area contributed by atoms with Gasteiger partial charge in [0.05, 0.1) is 12.1 Å². The molecule has 0 spiro atoms. The van der Waals surface area contributed by atoms with E-state index < -0.39 is 12.5 Å². The summed E-state index contributed by atoms with van der Waals surface area (Å²) >= 11 is 0. The van der Waals surface area contributed by atoms with Gasteiger partial charge in [-0.15, -0.1) is 13.2 Å². The van der Waals surface area contributed by atoms with Crippen LogP contribution in [0.2, 0.25) is 0 Å². The Kier molecular flexibility index (Phi) is 4.07. The lowest BCUT2D eigenvalue weighted by atomic mass is 9.69. The van der Waals surface area contributed by atoms with Crippen molar-refractivity contribution >= 4 is 6.08 Å². The van der Waals surface area contributed by atoms with E-state index in [9.17, 15) is 18.0 Å². The minimum Gasteiger partial charge on any atom is -0.289 e. The van der Waals surface area contributed by atoms with E-state index in [-0.39, 0.29) is 12.0 Å². The Bertz CT molecular complexity index is 339. The molecule has 0 aromatic heterocycles. The van der Waals surface area contributed by atoms with Gasteiger partial charge in [-0.3, -0.25) is 4.74 Å². The van der Waals surface area contributed by atoms with Crippen molar-refractivity contribution in [3.8, 4) is 0 Å². The van der Waals surface area contributed by atoms with Crippen molar-refractivity contribution in [1.82, 2.24) is 0 Å². The van der Waals surface area contributed by atoms with Crippen LogP contribution >= 0.6 is 0 Å². The van der Waals surface area contributed by atoms with E-state index in [1.165, 1.54) is 0 Å². The van der Waals surface area contributed by atoms with E-state index in [0.717, 1.165) is 25.7 Å². The summed E-state index contributed by atoms with van der Waals surface area (Å²) < 4.78 is 40.6. The highest BCUT2D eigenvalue weighted by atomic mass is 19.4. The highest BCUT2D eigenvalue weighted by Gasteiger charge is 2.40. The summed E-state index contributed by atoms with van der Waals surface area (Å²) in [4.78, 5) is 13.9. The maximum Gasteiger partial charge on any atom is 0.522 e. The molecule has 2 aliphatic carbocycles. The van der Waals surface area contributed by atoms with Gasteiger partial charge in [0.2, 0.25) is 6.08 Å². The molecule has 2 aliphatic rings. The molecule has 0 amide bonds. The highest BCUT2D eigenvalue weighted by molar-refractivity contribution is 5.33. The fourth-order valence-electron chi connectivity index (χ4n) is 3.31. The average molecular weight is 263 g/mol. The lowest BCUT2D eigenvalue weighted by Gasteiger charge is -2.40. The predicted molar refractivity (Wildman–Crippen MR) is 57.5 cm³/mol. The van der Waals surface area contributed by atoms with E-state index in [0.29, 0.717) is 18.8 Å². The Morgan fingerprint density at radius 2 is 1.72 bits per heavy atom. The molecule has 0 radical (unpaired) electrons. The van der Waals surface area contributed by atoms with Crippen LogP contribution in [0.1, 0.15) is 38.5 Å². The van der Waals surface area contributed by atoms with Crippen LogP contribution < -0.4 is 0 Å². The van der Waals surface area contributed by atoms with Crippen LogP contribution in [0.5, 0.6) is 0 Å². The summed E-state index contributed by atoms with van der Waals surface area (Å²) in [7, 11) is 0. The maximum atomic E-state index is 12.1. The standard InChI is InChI=1S/C12H16F3NO2/c13-12(14,15)18-11-4-2-8-5-10(16-7-17)3-1-9(8)6-11/h8-11H,1-6H2. The zero-order valence-electron chi connectivity index (χ0n) is 9.95. The number of aliphatic imine (C=N–C) groups is 1. The van der Waals surface area contributed by atoms with Crippen molar-refractivity contribution < 1.29 is 22.7 Å². The molecular formula is C12H16F3NO2.